The van der Waals surface area contributed by atoms with E-state index in [1.165, 1.54) is 0 Å². The Morgan fingerprint density at radius 3 is 2.24 bits per heavy atom. The molecule has 0 amide bonds. The van der Waals surface area contributed by atoms with E-state index in [0.29, 0.717) is 11.7 Å². The Balaban J connectivity index is 1.93. The highest BCUT2D eigenvalue weighted by atomic mass is 15.4. The Morgan fingerprint density at radius 2 is 1.56 bits per heavy atom. The molecule has 0 aliphatic heterocycles. The number of amidine groups is 1. The second kappa shape index (κ2) is 7.97. The molecule has 0 aliphatic carbocycles. The Morgan fingerprint density at radius 1 is 0.840 bits per heavy atom. The first-order valence-corrected chi connectivity index (χ1v) is 8.02. The monoisotopic (exact) mass is 329 g/mol. The zero-order valence-electron chi connectivity index (χ0n) is 14.2. The van der Waals surface area contributed by atoms with Gasteiger partial charge in [0.15, 0.2) is 0 Å². The fourth-order valence-electron chi connectivity index (χ4n) is 2.33. The summed E-state index contributed by atoms with van der Waals surface area (Å²) >= 11 is 0. The maximum absolute atomic E-state index is 4.43. The van der Waals surface area contributed by atoms with E-state index in [2.05, 4.69) is 25.7 Å². The van der Waals surface area contributed by atoms with Gasteiger partial charge in [-0.3, -0.25) is 5.43 Å². The molecule has 0 atom stereocenters. The van der Waals surface area contributed by atoms with Crippen LogP contribution in [0.1, 0.15) is 16.7 Å². The van der Waals surface area contributed by atoms with Gasteiger partial charge >= 0.3 is 0 Å². The number of azo groups is 1. The van der Waals surface area contributed by atoms with Gasteiger partial charge in [-0.2, -0.15) is 5.10 Å². The van der Waals surface area contributed by atoms with E-state index in [0.717, 1.165) is 22.4 Å². The maximum Gasteiger partial charge on any atom is 0.201 e. The fourth-order valence-corrected chi connectivity index (χ4v) is 2.33. The lowest BCUT2D eigenvalue weighted by molar-refractivity contribution is 1.17. The smallest absolute Gasteiger partial charge is 0.201 e. The molecule has 0 radical (unpaired) electrons. The van der Waals surface area contributed by atoms with E-state index in [-0.39, 0.29) is 0 Å². The Bertz CT molecular complexity index is 866. The van der Waals surface area contributed by atoms with Crippen LogP contribution < -0.4 is 5.43 Å². The zero-order valence-corrected chi connectivity index (χ0v) is 14.2. The van der Waals surface area contributed by atoms with Gasteiger partial charge in [0, 0.05) is 11.8 Å². The van der Waals surface area contributed by atoms with Crippen LogP contribution in [0, 0.1) is 13.8 Å². The van der Waals surface area contributed by atoms with Gasteiger partial charge in [0.25, 0.3) is 0 Å². The van der Waals surface area contributed by atoms with Crippen LogP contribution in [0.2, 0.25) is 0 Å². The van der Waals surface area contributed by atoms with Crippen LogP contribution in [0.4, 0.5) is 11.5 Å². The third kappa shape index (κ3) is 4.35. The van der Waals surface area contributed by atoms with Crippen molar-refractivity contribution in [3.63, 3.8) is 0 Å². The maximum atomic E-state index is 4.43. The van der Waals surface area contributed by atoms with Crippen LogP contribution >= 0.6 is 0 Å². The molecule has 3 rings (SSSR count). The molecule has 1 N–H and O–H groups in total. The number of nitrogens with one attached hydrogen (secondary N) is 1. The third-order valence-corrected chi connectivity index (χ3v) is 3.66. The minimum atomic E-state index is 0.494. The van der Waals surface area contributed by atoms with Crippen molar-refractivity contribution in [2.45, 2.75) is 13.8 Å². The molecule has 5 heteroatoms. The van der Waals surface area contributed by atoms with E-state index in [1.807, 2.05) is 80.6 Å². The highest BCUT2D eigenvalue weighted by Crippen LogP contribution is 2.23. The molecule has 5 nitrogen and oxygen atoms in total. The summed E-state index contributed by atoms with van der Waals surface area (Å²) in [5.74, 6) is 1.15. The number of rotatable bonds is 4. The van der Waals surface area contributed by atoms with Crippen molar-refractivity contribution in [1.29, 1.82) is 0 Å². The summed E-state index contributed by atoms with van der Waals surface area (Å²) in [5, 5.41) is 13.2. The van der Waals surface area contributed by atoms with Gasteiger partial charge in [-0.1, -0.05) is 54.6 Å². The molecular weight excluding hydrogens is 310 g/mol. The number of aromatic nitrogens is 1. The predicted octanol–water partition coefficient (Wildman–Crippen LogP) is 5.26. The van der Waals surface area contributed by atoms with Crippen molar-refractivity contribution in [2.24, 2.45) is 15.3 Å². The number of benzene rings is 2. The summed E-state index contributed by atoms with van der Waals surface area (Å²) in [6, 6.07) is 21.4. The SMILES string of the molecule is Cc1cccc(C)c1N=NC(=NNc1ccccn1)c1ccccc1. The summed E-state index contributed by atoms with van der Waals surface area (Å²) < 4.78 is 0. The van der Waals surface area contributed by atoms with Crippen LogP contribution in [0.25, 0.3) is 0 Å². The number of anilines is 1. The highest BCUT2D eigenvalue weighted by Gasteiger charge is 2.05. The Hall–Kier alpha value is -3.34. The van der Waals surface area contributed by atoms with Crippen molar-refractivity contribution < 1.29 is 0 Å². The van der Waals surface area contributed by atoms with E-state index in [9.17, 15) is 0 Å². The summed E-state index contributed by atoms with van der Waals surface area (Å²) in [4.78, 5) is 4.20. The lowest BCUT2D eigenvalue weighted by atomic mass is 10.1. The molecule has 0 aliphatic rings. The molecule has 1 heterocycles. The normalized spacial score (nSPS) is 11.7. The van der Waals surface area contributed by atoms with Crippen molar-refractivity contribution in [3.8, 4) is 0 Å². The molecule has 0 saturated carbocycles. The standard InChI is InChI=1S/C20H19N5/c1-15-9-8-10-16(2)19(15)23-25-20(17-11-4-3-5-12-17)24-22-18-13-6-7-14-21-18/h3-14H,1-2H3,(H,21,22). The second-order valence-electron chi connectivity index (χ2n) is 5.57. The lowest BCUT2D eigenvalue weighted by Gasteiger charge is -2.05. The molecule has 2 aromatic carbocycles. The highest BCUT2D eigenvalue weighted by molar-refractivity contribution is 5.99. The molecule has 25 heavy (non-hydrogen) atoms. The van der Waals surface area contributed by atoms with Crippen molar-refractivity contribution in [3.05, 3.63) is 89.6 Å². The van der Waals surface area contributed by atoms with Crippen molar-refractivity contribution in [1.82, 2.24) is 4.98 Å². The van der Waals surface area contributed by atoms with Crippen LogP contribution in [-0.2, 0) is 0 Å². The summed E-state index contributed by atoms with van der Waals surface area (Å²) in [5.41, 5.74) is 6.83. The van der Waals surface area contributed by atoms with E-state index < -0.39 is 0 Å². The number of nitrogens with zero attached hydrogens (tertiary/aromatic N) is 4. The van der Waals surface area contributed by atoms with Crippen LogP contribution in [0.5, 0.6) is 0 Å². The first-order chi connectivity index (χ1) is 12.2. The first kappa shape index (κ1) is 16.5. The lowest BCUT2D eigenvalue weighted by Crippen LogP contribution is -2.01. The minimum Gasteiger partial charge on any atom is -0.259 e. The van der Waals surface area contributed by atoms with Crippen molar-refractivity contribution >= 4 is 17.3 Å². The van der Waals surface area contributed by atoms with Crippen LogP contribution in [-0.4, -0.2) is 10.8 Å². The topological polar surface area (TPSA) is 62.0 Å². The van der Waals surface area contributed by atoms with E-state index >= 15 is 0 Å². The number of hydrazone groups is 1. The van der Waals surface area contributed by atoms with Crippen molar-refractivity contribution in [2.75, 3.05) is 5.43 Å². The number of aryl methyl sites for hydroxylation is 2. The van der Waals surface area contributed by atoms with Gasteiger partial charge in [0.1, 0.15) is 5.82 Å². The Labute approximate surface area is 147 Å². The molecule has 0 spiro atoms. The summed E-state index contributed by atoms with van der Waals surface area (Å²) in [7, 11) is 0. The quantitative estimate of drug-likeness (QED) is 0.307. The molecule has 3 aromatic rings. The Kier molecular flexibility index (Phi) is 5.26. The van der Waals surface area contributed by atoms with Gasteiger partial charge in [-0.25, -0.2) is 4.98 Å². The third-order valence-electron chi connectivity index (χ3n) is 3.66. The number of pyridine rings is 1. The van der Waals surface area contributed by atoms with Gasteiger partial charge in [-0.15, -0.1) is 10.2 Å². The predicted molar refractivity (Wildman–Crippen MR) is 101 cm³/mol. The van der Waals surface area contributed by atoms with Crippen LogP contribution in [0.3, 0.4) is 0 Å². The molecule has 0 saturated heterocycles. The molecule has 0 bridgehead atoms. The molecular formula is C20H19N5. The first-order valence-electron chi connectivity index (χ1n) is 8.02. The number of hydrogen-bond donors (Lipinski definition) is 1. The zero-order chi connectivity index (χ0) is 17.5. The summed E-state index contributed by atoms with van der Waals surface area (Å²) in [6.07, 6.45) is 1.71. The molecule has 124 valence electrons. The molecule has 0 fully saturated rings. The van der Waals surface area contributed by atoms with E-state index in [1.54, 1.807) is 6.20 Å². The summed E-state index contributed by atoms with van der Waals surface area (Å²) in [6.45, 7) is 4.04. The van der Waals surface area contributed by atoms with E-state index in [4.69, 9.17) is 0 Å². The van der Waals surface area contributed by atoms with Crippen LogP contribution in [0.15, 0.2) is 88.3 Å². The number of hydrogen-bond acceptors (Lipinski definition) is 4. The average molecular weight is 329 g/mol. The average Bonchev–Trinajstić information content (AvgIpc) is 2.65. The van der Waals surface area contributed by atoms with Gasteiger partial charge in [0.2, 0.25) is 5.84 Å². The molecule has 1 aromatic heterocycles. The van der Waals surface area contributed by atoms with Gasteiger partial charge in [-0.05, 0) is 37.1 Å². The molecule has 0 unspecified atom stereocenters. The minimum absolute atomic E-state index is 0.494. The fraction of sp³-hybridized carbons (Fsp3) is 0.100. The van der Waals surface area contributed by atoms with Gasteiger partial charge in [0.05, 0.1) is 5.69 Å². The van der Waals surface area contributed by atoms with Gasteiger partial charge < -0.3 is 0 Å². The largest absolute Gasteiger partial charge is 0.259 e. The second-order valence-corrected chi connectivity index (χ2v) is 5.57.